The fraction of sp³-hybridized carbons (Fsp3) is 0.267. The van der Waals surface area contributed by atoms with Crippen LogP contribution < -0.4 is 9.47 Å². The predicted molar refractivity (Wildman–Crippen MR) is 79.2 cm³/mol. The third kappa shape index (κ3) is 6.18. The molecule has 134 valence electrons. The van der Waals surface area contributed by atoms with Crippen LogP contribution in [0.15, 0.2) is 30.6 Å². The Hall–Kier alpha value is -2.42. The molecule has 0 spiro atoms. The topological polar surface area (TPSA) is 61.3 Å². The first-order valence-electron chi connectivity index (χ1n) is 6.84. The van der Waals surface area contributed by atoms with Crippen LogP contribution in [0.5, 0.6) is 11.5 Å². The molecule has 0 saturated carbocycles. The molecule has 0 atom stereocenters. The van der Waals surface area contributed by atoms with Crippen molar-refractivity contribution in [3.63, 3.8) is 0 Å². The summed E-state index contributed by atoms with van der Waals surface area (Å²) in [5.41, 5.74) is 0.681. The molecule has 0 radical (unpaired) electrons. The summed E-state index contributed by atoms with van der Waals surface area (Å²) in [6.45, 7) is -6.42. The molecule has 0 amide bonds. The van der Waals surface area contributed by atoms with E-state index in [2.05, 4.69) is 19.4 Å². The Balaban J connectivity index is 2.09. The maximum atomic E-state index is 12.4. The minimum absolute atomic E-state index is 0.0511. The summed E-state index contributed by atoms with van der Waals surface area (Å²) < 4.78 is 57.6. The summed E-state index contributed by atoms with van der Waals surface area (Å²) in [5.74, 6) is -1.41. The van der Waals surface area contributed by atoms with Crippen LogP contribution in [0.2, 0.25) is 5.15 Å². The number of rotatable bonds is 8. The highest BCUT2D eigenvalue weighted by molar-refractivity contribution is 6.29. The van der Waals surface area contributed by atoms with E-state index in [9.17, 15) is 22.4 Å². The third-order valence-corrected chi connectivity index (χ3v) is 3.09. The number of benzene rings is 1. The molecule has 25 heavy (non-hydrogen) atoms. The van der Waals surface area contributed by atoms with Gasteiger partial charge in [0, 0.05) is 6.42 Å². The van der Waals surface area contributed by atoms with Crippen molar-refractivity contribution < 1.29 is 31.8 Å². The van der Waals surface area contributed by atoms with E-state index >= 15 is 0 Å². The first-order chi connectivity index (χ1) is 11.8. The quantitative estimate of drug-likeness (QED) is 0.656. The first kappa shape index (κ1) is 18.9. The van der Waals surface area contributed by atoms with Gasteiger partial charge < -0.3 is 9.47 Å². The van der Waals surface area contributed by atoms with Crippen molar-refractivity contribution in [3.05, 3.63) is 47.0 Å². The molecule has 0 aliphatic rings. The number of ketones is 1. The van der Waals surface area contributed by atoms with Gasteiger partial charge in [0.2, 0.25) is 0 Å². The number of hydrogen-bond donors (Lipinski definition) is 0. The molecule has 2 rings (SSSR count). The smallest absolute Gasteiger partial charge is 0.387 e. The Labute approximate surface area is 144 Å². The highest BCUT2D eigenvalue weighted by atomic mass is 35.5. The summed E-state index contributed by atoms with van der Waals surface area (Å²) >= 11 is 5.59. The van der Waals surface area contributed by atoms with Gasteiger partial charge in [-0.25, -0.2) is 4.98 Å². The van der Waals surface area contributed by atoms with Crippen LogP contribution in [0.3, 0.4) is 0 Å². The van der Waals surface area contributed by atoms with Crippen LogP contribution >= 0.6 is 11.6 Å². The van der Waals surface area contributed by atoms with Crippen molar-refractivity contribution >= 4 is 17.4 Å². The maximum absolute atomic E-state index is 12.4. The van der Waals surface area contributed by atoms with Crippen molar-refractivity contribution in [2.24, 2.45) is 0 Å². The molecular formula is C15H11ClF4N2O3. The lowest BCUT2D eigenvalue weighted by atomic mass is 10.1. The molecular weight excluding hydrogens is 368 g/mol. The van der Waals surface area contributed by atoms with E-state index in [-0.39, 0.29) is 23.8 Å². The van der Waals surface area contributed by atoms with Gasteiger partial charge in [-0.2, -0.15) is 17.6 Å². The number of ether oxygens (including phenoxy) is 2. The Morgan fingerprint density at radius 2 is 1.68 bits per heavy atom. The Morgan fingerprint density at radius 3 is 2.28 bits per heavy atom. The molecule has 10 heteroatoms. The van der Waals surface area contributed by atoms with E-state index < -0.39 is 24.7 Å². The number of halogens is 5. The Morgan fingerprint density at radius 1 is 1.00 bits per heavy atom. The number of carbonyl (C=O) groups is 1. The minimum Gasteiger partial charge on any atom is -0.431 e. The van der Waals surface area contributed by atoms with Crippen molar-refractivity contribution in [1.82, 2.24) is 9.97 Å². The van der Waals surface area contributed by atoms with E-state index in [0.717, 1.165) is 12.1 Å². The van der Waals surface area contributed by atoms with E-state index in [0.29, 0.717) is 11.3 Å². The molecule has 0 aliphatic heterocycles. The monoisotopic (exact) mass is 378 g/mol. The lowest BCUT2D eigenvalue weighted by Gasteiger charge is -2.13. The number of nitrogens with zero attached hydrogens (tertiary/aromatic N) is 2. The largest absolute Gasteiger partial charge is 0.431 e. The van der Waals surface area contributed by atoms with E-state index in [1.54, 1.807) is 0 Å². The predicted octanol–water partition coefficient (Wildman–Crippen LogP) is 3.69. The fourth-order valence-corrected chi connectivity index (χ4v) is 2.06. The average molecular weight is 379 g/mol. The zero-order chi connectivity index (χ0) is 18.4. The molecule has 0 N–H and O–H groups in total. The number of carbonyl (C=O) groups excluding carboxylic acids is 1. The van der Waals surface area contributed by atoms with E-state index in [4.69, 9.17) is 11.6 Å². The van der Waals surface area contributed by atoms with Crippen LogP contribution in [0.25, 0.3) is 0 Å². The third-order valence-electron chi connectivity index (χ3n) is 2.89. The van der Waals surface area contributed by atoms with E-state index in [1.807, 2.05) is 0 Å². The highest BCUT2D eigenvalue weighted by Gasteiger charge is 2.16. The van der Waals surface area contributed by atoms with Gasteiger partial charge in [0.15, 0.2) is 11.5 Å². The van der Waals surface area contributed by atoms with Crippen LogP contribution in [-0.4, -0.2) is 29.0 Å². The highest BCUT2D eigenvalue weighted by Crippen LogP contribution is 2.31. The zero-order valence-corrected chi connectivity index (χ0v) is 13.2. The lowest BCUT2D eigenvalue weighted by molar-refractivity contribution is -0.117. The summed E-state index contributed by atoms with van der Waals surface area (Å²) in [6.07, 6.45) is 2.43. The molecule has 1 heterocycles. The fourth-order valence-electron chi connectivity index (χ4n) is 1.97. The molecule has 0 aliphatic carbocycles. The number of alkyl halides is 4. The standard InChI is InChI=1S/C15H11ClF4N2O3/c16-13-7-21-9(6-22-13)5-10(23)3-8-1-2-11(24-14(17)18)12(4-8)25-15(19)20/h1-2,4,6-7,14-15H,3,5H2. The van der Waals surface area contributed by atoms with Crippen molar-refractivity contribution in [2.45, 2.75) is 26.1 Å². The number of aromatic nitrogens is 2. The molecule has 1 aromatic heterocycles. The SMILES string of the molecule is O=C(Cc1ccc(OC(F)F)c(OC(F)F)c1)Cc1cnc(Cl)cn1. The normalized spacial score (nSPS) is 11.0. The molecule has 5 nitrogen and oxygen atoms in total. The molecule has 0 bridgehead atoms. The van der Waals surface area contributed by atoms with Crippen molar-refractivity contribution in [1.29, 1.82) is 0 Å². The second-order valence-corrected chi connectivity index (χ2v) is 5.15. The number of Topliss-reactive ketones (excluding diaryl/α,β-unsaturated/α-hetero) is 1. The van der Waals surface area contributed by atoms with Gasteiger partial charge in [0.1, 0.15) is 10.9 Å². The van der Waals surface area contributed by atoms with Crippen LogP contribution in [0.1, 0.15) is 11.3 Å². The molecule has 1 aromatic carbocycles. The van der Waals surface area contributed by atoms with Crippen molar-refractivity contribution in [3.8, 4) is 11.5 Å². The average Bonchev–Trinajstić information content (AvgIpc) is 2.51. The van der Waals surface area contributed by atoms with Gasteiger partial charge in [-0.3, -0.25) is 9.78 Å². The van der Waals surface area contributed by atoms with Gasteiger partial charge in [0.05, 0.1) is 24.5 Å². The second kappa shape index (κ2) is 8.61. The van der Waals surface area contributed by atoms with Gasteiger partial charge >= 0.3 is 13.2 Å². The first-order valence-corrected chi connectivity index (χ1v) is 7.22. The lowest BCUT2D eigenvalue weighted by Crippen LogP contribution is -2.10. The zero-order valence-electron chi connectivity index (χ0n) is 12.5. The second-order valence-electron chi connectivity index (χ2n) is 4.76. The van der Waals surface area contributed by atoms with Crippen LogP contribution in [-0.2, 0) is 17.6 Å². The van der Waals surface area contributed by atoms with Gasteiger partial charge in [-0.05, 0) is 17.7 Å². The van der Waals surface area contributed by atoms with Gasteiger partial charge in [-0.1, -0.05) is 17.7 Å². The molecule has 0 fully saturated rings. The van der Waals surface area contributed by atoms with Gasteiger partial charge in [0.25, 0.3) is 0 Å². The molecule has 2 aromatic rings. The van der Waals surface area contributed by atoms with E-state index in [1.165, 1.54) is 18.5 Å². The van der Waals surface area contributed by atoms with Crippen molar-refractivity contribution in [2.75, 3.05) is 0 Å². The summed E-state index contributed by atoms with van der Waals surface area (Å²) in [4.78, 5) is 19.7. The molecule has 0 saturated heterocycles. The Bertz CT molecular complexity index is 729. The summed E-state index contributed by atoms with van der Waals surface area (Å²) in [6, 6.07) is 3.39. The number of hydrogen-bond acceptors (Lipinski definition) is 5. The molecule has 0 unspecified atom stereocenters. The van der Waals surface area contributed by atoms with Crippen LogP contribution in [0, 0.1) is 0 Å². The van der Waals surface area contributed by atoms with Crippen LogP contribution in [0.4, 0.5) is 17.6 Å². The summed E-state index contributed by atoms with van der Waals surface area (Å²) in [5, 5.41) is 0.180. The minimum atomic E-state index is -3.23. The summed E-state index contributed by atoms with van der Waals surface area (Å²) in [7, 11) is 0. The maximum Gasteiger partial charge on any atom is 0.387 e. The van der Waals surface area contributed by atoms with Gasteiger partial charge in [-0.15, -0.1) is 0 Å². The Kier molecular flexibility index (Phi) is 6.51.